The van der Waals surface area contributed by atoms with Crippen LogP contribution in [0.2, 0.25) is 0 Å². The van der Waals surface area contributed by atoms with Gasteiger partial charge in [-0.1, -0.05) is 138 Å². The van der Waals surface area contributed by atoms with Crippen molar-refractivity contribution in [3.63, 3.8) is 0 Å². The first-order valence-corrected chi connectivity index (χ1v) is 34.8. The highest BCUT2D eigenvalue weighted by Crippen LogP contribution is 2.79. The normalized spacial score (nSPS) is 14.8. The van der Waals surface area contributed by atoms with Crippen LogP contribution in [-0.4, -0.2) is 34.7 Å². The van der Waals surface area contributed by atoms with E-state index in [1.54, 1.807) is 109 Å². The quantitative estimate of drug-likeness (QED) is 0.0584. The molecule has 0 saturated heterocycles. The molecule has 0 aliphatic carbocycles. The lowest BCUT2D eigenvalue weighted by atomic mass is 9.82. The highest BCUT2D eigenvalue weighted by Gasteiger charge is 2.50. The van der Waals surface area contributed by atoms with Crippen molar-refractivity contribution in [1.29, 1.82) is 0 Å². The largest absolute Gasteiger partial charge is 0.460 e. The Balaban J connectivity index is 1.82. The third-order valence-electron chi connectivity index (χ3n) is 15.1. The molecule has 1 aliphatic heterocycles. The van der Waals surface area contributed by atoms with E-state index in [4.69, 9.17) is 40.7 Å². The third kappa shape index (κ3) is 16.1. The molecule has 0 fully saturated rings. The van der Waals surface area contributed by atoms with E-state index in [2.05, 4.69) is 0 Å². The van der Waals surface area contributed by atoms with Crippen LogP contribution in [0.3, 0.4) is 0 Å². The van der Waals surface area contributed by atoms with Gasteiger partial charge in [0.1, 0.15) is 34.5 Å². The summed E-state index contributed by atoms with van der Waals surface area (Å²) in [6.45, 7) is 44.6. The average molecular weight is 1280 g/mol. The zero-order valence-electron chi connectivity index (χ0n) is 57.0. The molecule has 0 atom stereocenters. The van der Waals surface area contributed by atoms with Crippen molar-refractivity contribution < 1.29 is 55.9 Å². The summed E-state index contributed by atoms with van der Waals surface area (Å²) < 4.78 is 61.6. The smallest absolute Gasteiger partial charge is 0.413 e. The minimum absolute atomic E-state index is 0.156. The molecule has 6 aromatic rings. The summed E-state index contributed by atoms with van der Waals surface area (Å²) in [5.74, 6) is -0.127. The van der Waals surface area contributed by atoms with Crippen molar-refractivity contribution in [1.82, 2.24) is 0 Å². The van der Waals surface area contributed by atoms with E-state index in [1.165, 1.54) is 41.5 Å². The molecule has 6 aromatic carbocycles. The SMILES string of the molecule is CC(=O)c1ccc(OP2(Oc3ccc(C(C)=O)c(C(C)(C)C)c3)=NP(Oc3ccc(C(C)=O)c(C(C)(C)C)c3)(Oc3ccc(C(C)=O)c(C(C)(C)C)c3)=NP(Oc3ccc(C(C)=O)c(C(C)(C)C)c3)(Oc3ccc(C(C)=O)c(C(C)(C)C)c3)=N2)cc1C(C)(C)C. The van der Waals surface area contributed by atoms with Gasteiger partial charge in [-0.05, 0) is 217 Å². The Morgan fingerprint density at radius 3 is 0.467 bits per heavy atom. The van der Waals surface area contributed by atoms with Crippen LogP contribution < -0.4 is 27.1 Å². The number of nitrogens with zero attached hydrogens (tertiary/aromatic N) is 3. The van der Waals surface area contributed by atoms with Crippen LogP contribution in [0.4, 0.5) is 0 Å². The lowest BCUT2D eigenvalue weighted by Crippen LogP contribution is -2.18. The molecule has 0 saturated carbocycles. The van der Waals surface area contributed by atoms with Crippen LogP contribution in [0, 0.1) is 0 Å². The van der Waals surface area contributed by atoms with E-state index in [9.17, 15) is 28.8 Å². The second kappa shape index (κ2) is 25.1. The molecule has 1 heterocycles. The topological polar surface area (TPSA) is 195 Å². The van der Waals surface area contributed by atoms with Gasteiger partial charge in [0.25, 0.3) is 0 Å². The van der Waals surface area contributed by atoms with Crippen molar-refractivity contribution in [2.45, 2.75) is 199 Å². The Labute approximate surface area is 533 Å². The number of benzene rings is 6. The van der Waals surface area contributed by atoms with E-state index in [0.29, 0.717) is 66.8 Å². The third-order valence-corrected chi connectivity index (χ3v) is 23.2. The predicted octanol–water partition coefficient (Wildman–Crippen LogP) is 21.3. The van der Waals surface area contributed by atoms with Crippen molar-refractivity contribution in [3.8, 4) is 34.5 Å². The number of rotatable bonds is 18. The molecule has 0 bridgehead atoms. The zero-order chi connectivity index (χ0) is 67.4. The molecule has 480 valence electrons. The van der Waals surface area contributed by atoms with Crippen LogP contribution in [-0.2, 0) is 32.5 Å². The first kappa shape index (κ1) is 70.3. The standard InChI is InChI=1S/C72H90N3O12P3/c1-43(76)55-31-25-49(37-61(55)67(7,8)9)82-88(83-50-26-32-56(44(2)77)62(38-50)68(10,11)12)73-89(84-51-27-33-57(45(3)78)63(39-51)69(13,14)15,85-52-28-34-58(46(4)79)64(40-52)70(16,17)18)75-90(74-88,86-53-29-35-59(47(5)80)65(41-53)71(19,20)21)87-54-30-36-60(48(6)81)66(42-54)72(22,23)24/h25-42H,1-24H3. The molecule has 0 aromatic heterocycles. The van der Waals surface area contributed by atoms with Gasteiger partial charge in [0.15, 0.2) is 34.7 Å². The van der Waals surface area contributed by atoms with Crippen LogP contribution in [0.15, 0.2) is 123 Å². The Morgan fingerprint density at radius 2 is 0.367 bits per heavy atom. The highest BCUT2D eigenvalue weighted by atomic mass is 31.3. The molecule has 7 rings (SSSR count). The summed E-state index contributed by atoms with van der Waals surface area (Å²) in [6, 6.07) is 30.4. The van der Waals surface area contributed by atoms with Gasteiger partial charge in [-0.25, -0.2) is 0 Å². The fourth-order valence-corrected chi connectivity index (χ4v) is 19.6. The van der Waals surface area contributed by atoms with E-state index < -0.39 is 55.5 Å². The minimum atomic E-state index is -4.76. The fourth-order valence-electron chi connectivity index (χ4n) is 10.6. The van der Waals surface area contributed by atoms with Gasteiger partial charge in [-0.3, -0.25) is 28.8 Å². The predicted molar refractivity (Wildman–Crippen MR) is 363 cm³/mol. The Hall–Kier alpha value is -7.17. The second-order valence-corrected chi connectivity index (χ2v) is 35.6. The first-order chi connectivity index (χ1) is 41.2. The zero-order valence-corrected chi connectivity index (χ0v) is 59.7. The molecular formula is C72H90N3O12P3. The molecule has 0 radical (unpaired) electrons. The van der Waals surface area contributed by atoms with E-state index >= 15 is 0 Å². The first-order valence-electron chi connectivity index (χ1n) is 30.2. The summed E-state index contributed by atoms with van der Waals surface area (Å²) in [5.41, 5.74) is 2.77. The summed E-state index contributed by atoms with van der Waals surface area (Å²) in [5, 5.41) is 0. The number of Topliss-reactive ketones (excluding diaryl/α,β-unsaturated/α-hetero) is 6. The molecular weight excluding hydrogens is 1190 g/mol. The molecule has 0 amide bonds. The molecule has 18 heteroatoms. The number of carbonyl (C=O) groups is 6. The molecule has 90 heavy (non-hydrogen) atoms. The summed E-state index contributed by atoms with van der Waals surface area (Å²) in [7, 11) is -14.3. The minimum Gasteiger partial charge on any atom is -0.413 e. The number of hydrogen-bond donors (Lipinski definition) is 0. The molecule has 0 spiro atoms. The van der Waals surface area contributed by atoms with E-state index in [-0.39, 0.29) is 69.2 Å². The summed E-state index contributed by atoms with van der Waals surface area (Å²) in [4.78, 5) is 80.9. The van der Waals surface area contributed by atoms with Gasteiger partial charge >= 0.3 is 23.0 Å². The maximum absolute atomic E-state index is 13.5. The van der Waals surface area contributed by atoms with Crippen molar-refractivity contribution >= 4 is 57.7 Å². The van der Waals surface area contributed by atoms with Gasteiger partial charge in [0.05, 0.1) is 0 Å². The summed E-state index contributed by atoms with van der Waals surface area (Å²) >= 11 is 0. The van der Waals surface area contributed by atoms with E-state index in [1.807, 2.05) is 125 Å². The highest BCUT2D eigenvalue weighted by molar-refractivity contribution is 7.79. The lowest BCUT2D eigenvalue weighted by Gasteiger charge is -2.34. The van der Waals surface area contributed by atoms with Crippen LogP contribution in [0.1, 0.15) is 262 Å². The van der Waals surface area contributed by atoms with Gasteiger partial charge < -0.3 is 27.1 Å². The number of carbonyl (C=O) groups excluding carboxylic acids is 6. The maximum atomic E-state index is 13.5. The Morgan fingerprint density at radius 1 is 0.244 bits per heavy atom. The van der Waals surface area contributed by atoms with Gasteiger partial charge in [-0.15, -0.1) is 0 Å². The van der Waals surface area contributed by atoms with Crippen LogP contribution >= 0.6 is 23.0 Å². The lowest BCUT2D eigenvalue weighted by molar-refractivity contribution is 0.100. The van der Waals surface area contributed by atoms with E-state index in [0.717, 1.165) is 0 Å². The van der Waals surface area contributed by atoms with Crippen molar-refractivity contribution in [2.24, 2.45) is 13.5 Å². The van der Waals surface area contributed by atoms with Gasteiger partial charge in [-0.2, -0.15) is 0 Å². The number of ketones is 6. The molecule has 0 unspecified atom stereocenters. The number of hydrogen-bond acceptors (Lipinski definition) is 15. The van der Waals surface area contributed by atoms with Crippen molar-refractivity contribution in [2.75, 3.05) is 0 Å². The second-order valence-electron chi connectivity index (χ2n) is 29.4. The average Bonchev–Trinajstić information content (AvgIpc) is 0.727. The fraction of sp³-hybridized carbons (Fsp3) is 0.417. The molecule has 1 aliphatic rings. The molecule has 15 nitrogen and oxygen atoms in total. The van der Waals surface area contributed by atoms with Crippen molar-refractivity contribution in [3.05, 3.63) is 176 Å². The maximum Gasteiger partial charge on any atom is 0.460 e. The molecule has 0 N–H and O–H groups in total. The van der Waals surface area contributed by atoms with Gasteiger partial charge in [0.2, 0.25) is 0 Å². The Kier molecular flexibility index (Phi) is 19.6. The monoisotopic (exact) mass is 1280 g/mol. The summed E-state index contributed by atoms with van der Waals surface area (Å²) in [6.07, 6.45) is 0. The Bertz CT molecular complexity index is 3420. The van der Waals surface area contributed by atoms with Gasteiger partial charge in [0, 0.05) is 33.4 Å². The van der Waals surface area contributed by atoms with Crippen LogP contribution in [0.25, 0.3) is 0 Å². The van der Waals surface area contributed by atoms with Crippen LogP contribution in [0.5, 0.6) is 34.5 Å².